The van der Waals surface area contributed by atoms with E-state index in [1.165, 1.54) is 7.11 Å². The quantitative estimate of drug-likeness (QED) is 0.676. The average molecular weight is 330 g/mol. The molecule has 0 aromatic heterocycles. The summed E-state index contributed by atoms with van der Waals surface area (Å²) >= 11 is 0. The zero-order valence-electron chi connectivity index (χ0n) is 14.3. The van der Waals surface area contributed by atoms with Gasteiger partial charge in [0.1, 0.15) is 5.92 Å². The van der Waals surface area contributed by atoms with Crippen LogP contribution >= 0.6 is 0 Å². The van der Waals surface area contributed by atoms with E-state index in [-0.39, 0.29) is 6.61 Å². The molecule has 0 aliphatic carbocycles. The Labute approximate surface area is 141 Å². The number of benzene rings is 1. The van der Waals surface area contributed by atoms with Crippen molar-refractivity contribution in [2.45, 2.75) is 26.7 Å². The maximum absolute atomic E-state index is 12.5. The third kappa shape index (κ3) is 3.32. The van der Waals surface area contributed by atoms with Crippen molar-refractivity contribution in [3.05, 3.63) is 41.1 Å². The SMILES string of the molecule is CCOC(=O)C1=C(C)N=C(C)C(C(=O)OC)C1c1cccc(N)c1. The summed E-state index contributed by atoms with van der Waals surface area (Å²) < 4.78 is 10.1. The number of allylic oxidation sites excluding steroid dienone is 1. The number of methoxy groups -OCH3 is 1. The molecule has 0 radical (unpaired) electrons. The van der Waals surface area contributed by atoms with Gasteiger partial charge in [0.05, 0.1) is 19.3 Å². The summed E-state index contributed by atoms with van der Waals surface area (Å²) in [5, 5.41) is 0. The predicted molar refractivity (Wildman–Crippen MR) is 91.5 cm³/mol. The Morgan fingerprint density at radius 1 is 1.29 bits per heavy atom. The number of hydrogen-bond donors (Lipinski definition) is 1. The van der Waals surface area contributed by atoms with Crippen molar-refractivity contribution in [2.24, 2.45) is 10.9 Å². The van der Waals surface area contributed by atoms with Gasteiger partial charge in [0.15, 0.2) is 0 Å². The van der Waals surface area contributed by atoms with E-state index in [9.17, 15) is 9.59 Å². The number of rotatable bonds is 4. The van der Waals surface area contributed by atoms with E-state index in [1.54, 1.807) is 39.0 Å². The Kier molecular flexibility index (Phi) is 5.39. The van der Waals surface area contributed by atoms with Crippen molar-refractivity contribution in [1.29, 1.82) is 0 Å². The number of carbonyl (C=O) groups is 2. The molecule has 2 atom stereocenters. The van der Waals surface area contributed by atoms with E-state index < -0.39 is 23.8 Å². The molecule has 1 heterocycles. The van der Waals surface area contributed by atoms with E-state index in [0.29, 0.717) is 22.7 Å². The summed E-state index contributed by atoms with van der Waals surface area (Å²) in [5.74, 6) is -2.16. The maximum atomic E-state index is 12.5. The van der Waals surface area contributed by atoms with E-state index in [4.69, 9.17) is 15.2 Å². The van der Waals surface area contributed by atoms with Crippen molar-refractivity contribution in [2.75, 3.05) is 19.5 Å². The lowest BCUT2D eigenvalue weighted by Gasteiger charge is -2.31. The summed E-state index contributed by atoms with van der Waals surface area (Å²) in [6.07, 6.45) is 0. The third-order valence-corrected chi connectivity index (χ3v) is 4.05. The number of carbonyl (C=O) groups excluding carboxylic acids is 2. The van der Waals surface area contributed by atoms with E-state index in [0.717, 1.165) is 5.56 Å². The van der Waals surface area contributed by atoms with Gasteiger partial charge in [0.25, 0.3) is 0 Å². The standard InChI is InChI=1S/C18H22N2O4/c1-5-24-18(22)15-11(3)20-10(2)14(17(21)23-4)16(15)12-7-6-8-13(19)9-12/h6-9,14,16H,5,19H2,1-4H3. The highest BCUT2D eigenvalue weighted by Gasteiger charge is 2.42. The van der Waals surface area contributed by atoms with E-state index in [2.05, 4.69) is 4.99 Å². The number of aliphatic imine (C=N–C) groups is 1. The summed E-state index contributed by atoms with van der Waals surface area (Å²) in [5.41, 5.74) is 8.70. The number of nitrogens with two attached hydrogens (primary N) is 1. The largest absolute Gasteiger partial charge is 0.468 e. The number of anilines is 1. The fourth-order valence-corrected chi connectivity index (χ4v) is 3.06. The molecule has 0 fully saturated rings. The lowest BCUT2D eigenvalue weighted by atomic mass is 9.75. The minimum atomic E-state index is -0.695. The molecule has 24 heavy (non-hydrogen) atoms. The Morgan fingerprint density at radius 2 is 2.00 bits per heavy atom. The molecule has 1 aromatic carbocycles. The van der Waals surface area contributed by atoms with Crippen LogP contribution in [-0.2, 0) is 19.1 Å². The minimum absolute atomic E-state index is 0.241. The Hall–Kier alpha value is -2.63. The number of ether oxygens (including phenoxy) is 2. The molecule has 1 aromatic rings. The molecule has 0 bridgehead atoms. The zero-order valence-corrected chi connectivity index (χ0v) is 14.3. The minimum Gasteiger partial charge on any atom is -0.468 e. The highest BCUT2D eigenvalue weighted by Crippen LogP contribution is 2.40. The first kappa shape index (κ1) is 17.7. The molecule has 2 rings (SSSR count). The first-order chi connectivity index (χ1) is 11.4. The van der Waals surface area contributed by atoms with Crippen LogP contribution < -0.4 is 5.73 Å². The lowest BCUT2D eigenvalue weighted by Crippen LogP contribution is -2.36. The van der Waals surface area contributed by atoms with Gasteiger partial charge in [0.2, 0.25) is 0 Å². The zero-order chi connectivity index (χ0) is 17.9. The molecular formula is C18H22N2O4. The Balaban J connectivity index is 2.65. The smallest absolute Gasteiger partial charge is 0.336 e. The van der Waals surface area contributed by atoms with Crippen molar-refractivity contribution < 1.29 is 19.1 Å². The molecule has 128 valence electrons. The molecule has 6 nitrogen and oxygen atoms in total. The van der Waals surface area contributed by atoms with Crippen LogP contribution in [0.25, 0.3) is 0 Å². The highest BCUT2D eigenvalue weighted by molar-refractivity contribution is 6.07. The number of nitrogens with zero attached hydrogens (tertiary/aromatic N) is 1. The van der Waals surface area contributed by atoms with E-state index >= 15 is 0 Å². The van der Waals surface area contributed by atoms with Crippen LogP contribution in [-0.4, -0.2) is 31.4 Å². The second-order valence-electron chi connectivity index (χ2n) is 5.62. The van der Waals surface area contributed by atoms with Gasteiger partial charge in [-0.3, -0.25) is 9.79 Å². The van der Waals surface area contributed by atoms with E-state index in [1.807, 2.05) is 6.07 Å². The van der Waals surface area contributed by atoms with Crippen molar-refractivity contribution in [3.8, 4) is 0 Å². The molecule has 1 aliphatic rings. The number of esters is 2. The summed E-state index contributed by atoms with van der Waals surface area (Å²) in [6, 6.07) is 7.13. The van der Waals surface area contributed by atoms with Crippen LogP contribution in [0.1, 0.15) is 32.3 Å². The first-order valence-electron chi connectivity index (χ1n) is 7.77. The average Bonchev–Trinajstić information content (AvgIpc) is 2.53. The topological polar surface area (TPSA) is 91.0 Å². The van der Waals surface area contributed by atoms with Gasteiger partial charge in [-0.2, -0.15) is 0 Å². The molecular weight excluding hydrogens is 308 g/mol. The molecule has 0 amide bonds. The van der Waals surface area contributed by atoms with Gasteiger partial charge in [-0.1, -0.05) is 12.1 Å². The fraction of sp³-hybridized carbons (Fsp3) is 0.389. The molecule has 2 unspecified atom stereocenters. The van der Waals surface area contributed by atoms with Gasteiger partial charge in [-0.15, -0.1) is 0 Å². The maximum Gasteiger partial charge on any atom is 0.336 e. The van der Waals surface area contributed by atoms with Crippen molar-refractivity contribution in [1.82, 2.24) is 0 Å². The summed E-state index contributed by atoms with van der Waals surface area (Å²) in [7, 11) is 1.32. The number of nitrogen functional groups attached to an aromatic ring is 1. The third-order valence-electron chi connectivity index (χ3n) is 4.05. The van der Waals surface area contributed by atoms with Gasteiger partial charge in [0, 0.05) is 23.0 Å². The van der Waals surface area contributed by atoms with Crippen molar-refractivity contribution >= 4 is 23.3 Å². The van der Waals surface area contributed by atoms with Crippen LogP contribution in [0.2, 0.25) is 0 Å². The molecule has 2 N–H and O–H groups in total. The summed E-state index contributed by atoms with van der Waals surface area (Å²) in [4.78, 5) is 29.3. The molecule has 0 spiro atoms. The molecule has 0 saturated carbocycles. The van der Waals surface area contributed by atoms with Crippen LogP contribution in [0.5, 0.6) is 0 Å². The highest BCUT2D eigenvalue weighted by atomic mass is 16.5. The van der Waals surface area contributed by atoms with Crippen molar-refractivity contribution in [3.63, 3.8) is 0 Å². The van der Waals surface area contributed by atoms with Gasteiger partial charge in [-0.05, 0) is 38.5 Å². The lowest BCUT2D eigenvalue weighted by molar-refractivity contribution is -0.144. The normalized spacial score (nSPS) is 20.4. The first-order valence-corrected chi connectivity index (χ1v) is 7.77. The molecule has 1 aliphatic heterocycles. The van der Waals surface area contributed by atoms with Gasteiger partial charge < -0.3 is 15.2 Å². The predicted octanol–water partition coefficient (Wildman–Crippen LogP) is 2.45. The number of hydrogen-bond acceptors (Lipinski definition) is 6. The van der Waals surface area contributed by atoms with Crippen LogP contribution in [0, 0.1) is 5.92 Å². The second-order valence-corrected chi connectivity index (χ2v) is 5.62. The van der Waals surface area contributed by atoms with Gasteiger partial charge in [-0.25, -0.2) is 4.79 Å². The van der Waals surface area contributed by atoms with Crippen LogP contribution in [0.15, 0.2) is 40.5 Å². The Morgan fingerprint density at radius 3 is 2.58 bits per heavy atom. The summed E-state index contributed by atoms with van der Waals surface area (Å²) in [6.45, 7) is 5.47. The monoisotopic (exact) mass is 330 g/mol. The molecule has 6 heteroatoms. The van der Waals surface area contributed by atoms with Gasteiger partial charge >= 0.3 is 11.9 Å². The second kappa shape index (κ2) is 7.29. The molecule has 0 saturated heterocycles. The Bertz CT molecular complexity index is 721. The van der Waals surface area contributed by atoms with Crippen LogP contribution in [0.4, 0.5) is 5.69 Å². The van der Waals surface area contributed by atoms with Crippen LogP contribution in [0.3, 0.4) is 0 Å². The fourth-order valence-electron chi connectivity index (χ4n) is 3.06.